The lowest BCUT2D eigenvalue weighted by molar-refractivity contribution is -0.133. The van der Waals surface area contributed by atoms with E-state index in [0.29, 0.717) is 30.2 Å². The van der Waals surface area contributed by atoms with Crippen molar-refractivity contribution in [3.8, 4) is 11.5 Å². The van der Waals surface area contributed by atoms with E-state index in [0.717, 1.165) is 54.8 Å². The number of carboxylic acids is 1. The molecule has 5 rings (SSSR count). The molecule has 2 heterocycles. The maximum Gasteiger partial charge on any atom is 0.331 e. The number of aliphatic carboxylic acids is 1. The van der Waals surface area contributed by atoms with Crippen LogP contribution in [0.15, 0.2) is 15.7 Å². The number of allylic oxidation sites excluding steroid dienone is 1. The minimum atomic E-state index is -0.964. The standard InChI is InChI=1S/C23H26N2O4S/c1-23(2)10-4-7-16-19(23)18(21-24-20(25-29-21)12-8-9-12)17(30-16)11-15(26)13-5-3-6-14(13)22(27)28/h12H,3-11H2,1-2H3,(H,27,28). The number of ketones is 1. The molecule has 1 saturated carbocycles. The van der Waals surface area contributed by atoms with E-state index in [1.54, 1.807) is 11.3 Å². The molecular formula is C23H26N2O4S. The summed E-state index contributed by atoms with van der Waals surface area (Å²) in [4.78, 5) is 31.6. The predicted molar refractivity (Wildman–Crippen MR) is 113 cm³/mol. The molecule has 2 aromatic heterocycles. The summed E-state index contributed by atoms with van der Waals surface area (Å²) in [7, 11) is 0. The molecule has 0 amide bonds. The molecule has 158 valence electrons. The number of aromatic nitrogens is 2. The number of carbonyl (C=O) groups excluding carboxylic acids is 1. The van der Waals surface area contributed by atoms with E-state index in [-0.39, 0.29) is 23.2 Å². The Morgan fingerprint density at radius 3 is 2.67 bits per heavy atom. The smallest absolute Gasteiger partial charge is 0.331 e. The summed E-state index contributed by atoms with van der Waals surface area (Å²) in [6.45, 7) is 4.49. The van der Waals surface area contributed by atoms with Crippen LogP contribution in [0.25, 0.3) is 11.5 Å². The topological polar surface area (TPSA) is 93.3 Å². The molecule has 1 fully saturated rings. The van der Waals surface area contributed by atoms with Crippen LogP contribution in [0.1, 0.15) is 85.9 Å². The zero-order valence-corrected chi connectivity index (χ0v) is 18.2. The number of carboxylic acid groups (broad SMARTS) is 1. The molecule has 0 aromatic carbocycles. The first kappa shape index (κ1) is 19.7. The van der Waals surface area contributed by atoms with E-state index in [2.05, 4.69) is 19.0 Å². The lowest BCUT2D eigenvalue weighted by atomic mass is 9.73. The number of hydrogen-bond acceptors (Lipinski definition) is 6. The van der Waals surface area contributed by atoms with Crippen LogP contribution in [0.4, 0.5) is 0 Å². The molecule has 1 N–H and O–H groups in total. The summed E-state index contributed by atoms with van der Waals surface area (Å²) >= 11 is 1.67. The maximum atomic E-state index is 13.1. The number of carbonyl (C=O) groups is 2. The van der Waals surface area contributed by atoms with E-state index >= 15 is 0 Å². The minimum absolute atomic E-state index is 0.0201. The van der Waals surface area contributed by atoms with Crippen molar-refractivity contribution in [1.82, 2.24) is 10.1 Å². The Labute approximate surface area is 179 Å². The Morgan fingerprint density at radius 2 is 1.93 bits per heavy atom. The zero-order valence-electron chi connectivity index (χ0n) is 17.4. The van der Waals surface area contributed by atoms with Crippen LogP contribution in [0.5, 0.6) is 0 Å². The lowest BCUT2D eigenvalue weighted by Gasteiger charge is -2.30. The van der Waals surface area contributed by atoms with Crippen LogP contribution in [0.3, 0.4) is 0 Å². The van der Waals surface area contributed by atoms with Gasteiger partial charge in [0, 0.05) is 33.2 Å². The van der Waals surface area contributed by atoms with Gasteiger partial charge in [-0.1, -0.05) is 19.0 Å². The average molecular weight is 427 g/mol. The highest BCUT2D eigenvalue weighted by Crippen LogP contribution is 2.49. The number of nitrogens with zero attached hydrogens (tertiary/aromatic N) is 2. The molecule has 30 heavy (non-hydrogen) atoms. The van der Waals surface area contributed by atoms with Gasteiger partial charge in [0.05, 0.1) is 5.56 Å². The van der Waals surface area contributed by atoms with Crippen LogP contribution in [0, 0.1) is 0 Å². The van der Waals surface area contributed by atoms with Crippen molar-refractivity contribution in [1.29, 1.82) is 0 Å². The quantitative estimate of drug-likeness (QED) is 0.701. The Bertz CT molecular complexity index is 1070. The van der Waals surface area contributed by atoms with Gasteiger partial charge in [-0.05, 0) is 62.3 Å². The Balaban J connectivity index is 1.58. The van der Waals surface area contributed by atoms with Crippen LogP contribution in [0.2, 0.25) is 0 Å². The van der Waals surface area contributed by atoms with E-state index in [1.807, 2.05) is 0 Å². The molecule has 2 aromatic rings. The highest BCUT2D eigenvalue weighted by atomic mass is 32.1. The fraction of sp³-hybridized carbons (Fsp3) is 0.565. The Hall–Kier alpha value is -2.28. The van der Waals surface area contributed by atoms with Crippen molar-refractivity contribution in [2.24, 2.45) is 0 Å². The molecule has 7 heteroatoms. The molecule has 0 aliphatic heterocycles. The largest absolute Gasteiger partial charge is 0.478 e. The Kier molecular flexibility index (Phi) is 4.69. The Morgan fingerprint density at radius 1 is 1.17 bits per heavy atom. The van der Waals surface area contributed by atoms with Gasteiger partial charge in [0.2, 0.25) is 0 Å². The third-order valence-corrected chi connectivity index (χ3v) is 7.92. The number of thiophene rings is 1. The maximum absolute atomic E-state index is 13.1. The molecule has 0 bridgehead atoms. The van der Waals surface area contributed by atoms with Gasteiger partial charge < -0.3 is 9.63 Å². The van der Waals surface area contributed by atoms with Crippen molar-refractivity contribution in [3.63, 3.8) is 0 Å². The zero-order chi connectivity index (χ0) is 21.0. The van der Waals surface area contributed by atoms with Crippen LogP contribution in [-0.4, -0.2) is 27.0 Å². The van der Waals surface area contributed by atoms with Crippen molar-refractivity contribution in [3.05, 3.63) is 32.3 Å². The van der Waals surface area contributed by atoms with Crippen molar-refractivity contribution < 1.29 is 19.2 Å². The van der Waals surface area contributed by atoms with Crippen LogP contribution in [-0.2, 0) is 27.8 Å². The second-order valence-electron chi connectivity index (χ2n) is 9.38. The molecular weight excluding hydrogens is 400 g/mol. The fourth-order valence-electron chi connectivity index (χ4n) is 4.97. The first-order valence-corrected chi connectivity index (χ1v) is 11.6. The summed E-state index contributed by atoms with van der Waals surface area (Å²) in [6, 6.07) is 0. The van der Waals surface area contributed by atoms with Gasteiger partial charge in [-0.2, -0.15) is 4.98 Å². The lowest BCUT2D eigenvalue weighted by Crippen LogP contribution is -2.23. The third kappa shape index (κ3) is 3.33. The van der Waals surface area contributed by atoms with Gasteiger partial charge in [0.15, 0.2) is 11.6 Å². The molecule has 0 radical (unpaired) electrons. The number of rotatable bonds is 6. The van der Waals surface area contributed by atoms with E-state index in [4.69, 9.17) is 9.51 Å². The number of Topliss-reactive ketones (excluding diaryl/α,β-unsaturated/α-hetero) is 1. The predicted octanol–water partition coefficient (Wildman–Crippen LogP) is 4.97. The number of fused-ring (bicyclic) bond motifs is 1. The van der Waals surface area contributed by atoms with Gasteiger partial charge in [-0.15, -0.1) is 11.3 Å². The molecule has 0 atom stereocenters. The van der Waals surface area contributed by atoms with Gasteiger partial charge in [0.1, 0.15) is 0 Å². The minimum Gasteiger partial charge on any atom is -0.478 e. The summed E-state index contributed by atoms with van der Waals surface area (Å²) < 4.78 is 5.70. The SMILES string of the molecule is CC1(C)CCCc2sc(CC(=O)C3=C(C(=O)O)CCC3)c(-c3nc(C4CC4)no3)c21. The van der Waals surface area contributed by atoms with Crippen molar-refractivity contribution in [2.75, 3.05) is 0 Å². The third-order valence-electron chi connectivity index (χ3n) is 6.67. The van der Waals surface area contributed by atoms with Crippen LogP contribution >= 0.6 is 11.3 Å². The number of hydrogen-bond donors (Lipinski definition) is 1. The highest BCUT2D eigenvalue weighted by Gasteiger charge is 2.38. The molecule has 6 nitrogen and oxygen atoms in total. The molecule has 3 aliphatic carbocycles. The van der Waals surface area contributed by atoms with Gasteiger partial charge in [0.25, 0.3) is 5.89 Å². The number of aryl methyl sites for hydroxylation is 1. The first-order valence-electron chi connectivity index (χ1n) is 10.8. The van der Waals surface area contributed by atoms with Crippen LogP contribution < -0.4 is 0 Å². The van der Waals surface area contributed by atoms with E-state index in [9.17, 15) is 14.7 Å². The summed E-state index contributed by atoms with van der Waals surface area (Å²) in [5, 5.41) is 13.7. The summed E-state index contributed by atoms with van der Waals surface area (Å²) in [5.41, 5.74) is 2.93. The summed E-state index contributed by atoms with van der Waals surface area (Å²) in [6.07, 6.45) is 7.37. The summed E-state index contributed by atoms with van der Waals surface area (Å²) in [5.74, 6) is 0.642. The molecule has 0 spiro atoms. The highest BCUT2D eigenvalue weighted by molar-refractivity contribution is 7.12. The molecule has 3 aliphatic rings. The fourth-order valence-corrected chi connectivity index (χ4v) is 6.49. The first-order chi connectivity index (χ1) is 14.3. The van der Waals surface area contributed by atoms with Gasteiger partial charge in [-0.3, -0.25) is 4.79 Å². The molecule has 0 unspecified atom stereocenters. The van der Waals surface area contributed by atoms with Gasteiger partial charge in [-0.25, -0.2) is 4.79 Å². The second kappa shape index (κ2) is 7.15. The molecule has 0 saturated heterocycles. The van der Waals surface area contributed by atoms with Crippen molar-refractivity contribution in [2.45, 2.75) is 83.0 Å². The normalized spacial score (nSPS) is 20.5. The monoisotopic (exact) mass is 426 g/mol. The van der Waals surface area contributed by atoms with Gasteiger partial charge >= 0.3 is 5.97 Å². The second-order valence-corrected chi connectivity index (χ2v) is 10.6. The van der Waals surface area contributed by atoms with E-state index in [1.165, 1.54) is 10.4 Å². The average Bonchev–Trinajstić information content (AvgIpc) is 3.09. The van der Waals surface area contributed by atoms with Crippen molar-refractivity contribution >= 4 is 23.1 Å². The van der Waals surface area contributed by atoms with E-state index < -0.39 is 5.97 Å².